The van der Waals surface area contributed by atoms with E-state index in [0.717, 1.165) is 6.07 Å². The third-order valence-corrected chi connectivity index (χ3v) is 6.28. The van der Waals surface area contributed by atoms with Crippen LogP contribution in [-0.2, 0) is 10.0 Å². The van der Waals surface area contributed by atoms with Gasteiger partial charge in [0.2, 0.25) is 5.88 Å². The molecule has 11 heteroatoms. The monoisotopic (exact) mass is 482 g/mol. The summed E-state index contributed by atoms with van der Waals surface area (Å²) in [4.78, 5) is 5.06. The molecule has 0 bridgehead atoms. The predicted molar refractivity (Wildman–Crippen MR) is 108 cm³/mol. The van der Waals surface area contributed by atoms with Gasteiger partial charge in [-0.15, -0.1) is 0 Å². The van der Waals surface area contributed by atoms with E-state index in [-0.39, 0.29) is 10.2 Å². The van der Waals surface area contributed by atoms with Gasteiger partial charge in [-0.3, -0.25) is 4.72 Å². The Bertz CT molecular complexity index is 1210. The van der Waals surface area contributed by atoms with Gasteiger partial charge in [0.25, 0.3) is 10.0 Å². The molecular weight excluding hydrogens is 470 g/mol. The van der Waals surface area contributed by atoms with E-state index in [2.05, 4.69) is 25.6 Å². The highest BCUT2D eigenvalue weighted by atomic mass is 79.9. The van der Waals surface area contributed by atoms with Crippen LogP contribution >= 0.6 is 15.9 Å². The molecule has 0 amide bonds. The fourth-order valence-electron chi connectivity index (χ4n) is 2.83. The van der Waals surface area contributed by atoms with Crippen molar-refractivity contribution in [3.63, 3.8) is 0 Å². The van der Waals surface area contributed by atoms with E-state index >= 15 is 0 Å². The molecule has 0 aliphatic carbocycles. The zero-order chi connectivity index (χ0) is 20.8. The van der Waals surface area contributed by atoms with Gasteiger partial charge in [0, 0.05) is 11.4 Å². The molecule has 2 aromatic carbocycles. The lowest BCUT2D eigenvalue weighted by Gasteiger charge is -2.29. The molecule has 7 nitrogen and oxygen atoms in total. The molecule has 150 valence electrons. The van der Waals surface area contributed by atoms with Crippen molar-refractivity contribution in [3.05, 3.63) is 70.4 Å². The number of rotatable bonds is 4. The average Bonchev–Trinajstić information content (AvgIpc) is 3.15. The van der Waals surface area contributed by atoms with Gasteiger partial charge in [0.15, 0.2) is 0 Å². The van der Waals surface area contributed by atoms with Crippen molar-refractivity contribution < 1.29 is 21.6 Å². The molecule has 1 atom stereocenters. The fourth-order valence-corrected chi connectivity index (χ4v) is 4.27. The van der Waals surface area contributed by atoms with Crippen LogP contribution < -0.4 is 15.4 Å². The molecule has 1 aliphatic heterocycles. The lowest BCUT2D eigenvalue weighted by molar-refractivity contribution is 0.552. The Morgan fingerprint density at radius 3 is 2.59 bits per heavy atom. The van der Waals surface area contributed by atoms with Crippen LogP contribution in [0.25, 0.3) is 0 Å². The Labute approximate surface area is 173 Å². The van der Waals surface area contributed by atoms with Crippen molar-refractivity contribution >= 4 is 49.6 Å². The predicted octanol–water partition coefficient (Wildman–Crippen LogP) is 4.26. The van der Waals surface area contributed by atoms with Gasteiger partial charge in [-0.05, 0) is 58.4 Å². The number of halogens is 3. The fraction of sp³-hybridized carbons (Fsp3) is 0.0556. The number of nitrogens with zero attached hydrogens (tertiary/aromatic N) is 2. The number of sulfonamides is 1. The van der Waals surface area contributed by atoms with Crippen LogP contribution in [-0.4, -0.2) is 14.8 Å². The molecule has 4 rings (SSSR count). The third kappa shape index (κ3) is 3.63. The molecule has 0 fully saturated rings. The van der Waals surface area contributed by atoms with Crippen molar-refractivity contribution in [3.8, 4) is 0 Å². The molecule has 0 spiro atoms. The Balaban J connectivity index is 1.57. The van der Waals surface area contributed by atoms with Crippen LogP contribution in [0.5, 0.6) is 0 Å². The van der Waals surface area contributed by atoms with E-state index < -0.39 is 32.7 Å². The maximum atomic E-state index is 14.0. The summed E-state index contributed by atoms with van der Waals surface area (Å²) in [7, 11) is -4.33. The van der Waals surface area contributed by atoms with Crippen LogP contribution in [0, 0.1) is 11.6 Å². The highest BCUT2D eigenvalue weighted by Crippen LogP contribution is 2.34. The molecule has 1 aromatic heterocycles. The number of aliphatic imine (C=N–C) groups is 1. The molecule has 3 aromatic rings. The first-order valence-electron chi connectivity index (χ1n) is 8.19. The van der Waals surface area contributed by atoms with Crippen molar-refractivity contribution in [1.29, 1.82) is 0 Å². The highest BCUT2D eigenvalue weighted by molar-refractivity contribution is 9.10. The van der Waals surface area contributed by atoms with Crippen molar-refractivity contribution in [1.82, 2.24) is 0 Å². The van der Waals surface area contributed by atoms with Gasteiger partial charge in [-0.25, -0.2) is 22.2 Å². The number of furan rings is 1. The maximum Gasteiger partial charge on any atom is 0.264 e. The largest absolute Gasteiger partial charge is 0.446 e. The van der Waals surface area contributed by atoms with E-state index in [4.69, 9.17) is 10.2 Å². The van der Waals surface area contributed by atoms with Gasteiger partial charge in [0.1, 0.15) is 29.0 Å². The molecule has 0 saturated carbocycles. The van der Waals surface area contributed by atoms with E-state index in [0.29, 0.717) is 23.2 Å². The van der Waals surface area contributed by atoms with Crippen LogP contribution in [0.1, 0.15) is 11.7 Å². The maximum absolute atomic E-state index is 14.0. The number of benzene rings is 2. The second-order valence-electron chi connectivity index (χ2n) is 6.13. The number of anilines is 2. The summed E-state index contributed by atoms with van der Waals surface area (Å²) in [6.45, 7) is 0. The standard InChI is InChI=1S/C18H13BrF2N4O3S/c19-13-7-15(21)16(8-14(13)20)29(26,27)24-10-1-3-11(4-2-10)25-9-23-18-12(17(25)22)5-6-28-18/h1-9,17,24H,22H2. The molecule has 0 saturated heterocycles. The molecular formula is C18H13BrF2N4O3S. The van der Waals surface area contributed by atoms with E-state index in [1.165, 1.54) is 24.7 Å². The summed E-state index contributed by atoms with van der Waals surface area (Å²) in [5, 5.41) is 0. The molecule has 3 N–H and O–H groups in total. The SMILES string of the molecule is NC1c2ccoc2N=CN1c1ccc(NS(=O)(=O)c2cc(F)c(Br)cc2F)cc1. The number of fused-ring (bicyclic) bond motifs is 1. The van der Waals surface area contributed by atoms with Gasteiger partial charge >= 0.3 is 0 Å². The minimum Gasteiger partial charge on any atom is -0.446 e. The minimum absolute atomic E-state index is 0.168. The number of nitrogens with one attached hydrogen (secondary N) is 1. The van der Waals surface area contributed by atoms with Gasteiger partial charge in [-0.2, -0.15) is 0 Å². The summed E-state index contributed by atoms with van der Waals surface area (Å²) in [6, 6.07) is 9.28. The quantitative estimate of drug-likeness (QED) is 0.541. The van der Waals surface area contributed by atoms with E-state index in [1.54, 1.807) is 23.1 Å². The van der Waals surface area contributed by atoms with Gasteiger partial charge in [0.05, 0.1) is 16.3 Å². The molecule has 29 heavy (non-hydrogen) atoms. The Morgan fingerprint density at radius 2 is 1.86 bits per heavy atom. The normalized spacial score (nSPS) is 16.0. The lowest BCUT2D eigenvalue weighted by atomic mass is 10.2. The second kappa shape index (κ2) is 7.25. The van der Waals surface area contributed by atoms with Crippen molar-refractivity contribution in [2.45, 2.75) is 11.1 Å². The molecule has 1 aliphatic rings. The summed E-state index contributed by atoms with van der Waals surface area (Å²) < 4.78 is 59.8. The summed E-state index contributed by atoms with van der Waals surface area (Å²) in [6.07, 6.45) is 2.48. The number of hydrogen-bond acceptors (Lipinski definition) is 6. The first-order chi connectivity index (χ1) is 13.8. The zero-order valence-electron chi connectivity index (χ0n) is 14.5. The lowest BCUT2D eigenvalue weighted by Crippen LogP contribution is -2.35. The Kier molecular flexibility index (Phi) is 4.89. The average molecular weight is 483 g/mol. The minimum atomic E-state index is -4.33. The van der Waals surface area contributed by atoms with Crippen LogP contribution in [0.4, 0.5) is 26.0 Å². The van der Waals surface area contributed by atoms with Crippen molar-refractivity contribution in [2.24, 2.45) is 10.7 Å². The molecule has 2 heterocycles. The van der Waals surface area contributed by atoms with Crippen LogP contribution in [0.3, 0.4) is 0 Å². The third-order valence-electron chi connectivity index (χ3n) is 4.27. The highest BCUT2D eigenvalue weighted by Gasteiger charge is 2.25. The first kappa shape index (κ1) is 19.6. The zero-order valence-corrected chi connectivity index (χ0v) is 16.9. The topological polar surface area (TPSA) is 101 Å². The Hall–Kier alpha value is -2.76. The summed E-state index contributed by atoms with van der Waals surface area (Å²) in [5.41, 5.74) is 7.74. The molecule has 1 unspecified atom stereocenters. The smallest absolute Gasteiger partial charge is 0.264 e. The summed E-state index contributed by atoms with van der Waals surface area (Å²) in [5.74, 6) is -1.53. The molecule has 0 radical (unpaired) electrons. The van der Waals surface area contributed by atoms with Crippen LogP contribution in [0.15, 0.2) is 67.5 Å². The van der Waals surface area contributed by atoms with Gasteiger partial charge < -0.3 is 15.1 Å². The summed E-state index contributed by atoms with van der Waals surface area (Å²) >= 11 is 2.81. The Morgan fingerprint density at radius 1 is 1.14 bits per heavy atom. The van der Waals surface area contributed by atoms with Gasteiger partial charge in [-0.1, -0.05) is 0 Å². The van der Waals surface area contributed by atoms with E-state index in [1.807, 2.05) is 0 Å². The number of nitrogens with two attached hydrogens (primary N) is 1. The second-order valence-corrected chi connectivity index (χ2v) is 8.63. The number of hydrogen-bond donors (Lipinski definition) is 2. The van der Waals surface area contributed by atoms with Crippen molar-refractivity contribution in [2.75, 3.05) is 9.62 Å². The van der Waals surface area contributed by atoms with E-state index in [9.17, 15) is 17.2 Å². The van der Waals surface area contributed by atoms with Crippen LogP contribution in [0.2, 0.25) is 0 Å². The first-order valence-corrected chi connectivity index (χ1v) is 10.5.